The second kappa shape index (κ2) is 6.46. The van der Waals surface area contributed by atoms with Gasteiger partial charge >= 0.3 is 0 Å². The summed E-state index contributed by atoms with van der Waals surface area (Å²) < 4.78 is 5.68. The number of rotatable bonds is 6. The maximum atomic E-state index is 5.68. The fourth-order valence-electron chi connectivity index (χ4n) is 2.14. The molecule has 15 heavy (non-hydrogen) atoms. The van der Waals surface area contributed by atoms with E-state index >= 15 is 0 Å². The van der Waals surface area contributed by atoms with Crippen molar-refractivity contribution in [3.8, 4) is 0 Å². The highest BCUT2D eigenvalue weighted by Gasteiger charge is 2.26. The Balaban J connectivity index is 2.05. The van der Waals surface area contributed by atoms with Crippen molar-refractivity contribution < 1.29 is 4.74 Å². The average Bonchev–Trinajstić information content (AvgIpc) is 2.16. The lowest BCUT2D eigenvalue weighted by Gasteiger charge is -2.38. The van der Waals surface area contributed by atoms with Crippen LogP contribution in [-0.2, 0) is 4.74 Å². The summed E-state index contributed by atoms with van der Waals surface area (Å²) in [5.41, 5.74) is 5.51. The first-order chi connectivity index (χ1) is 7.14. The van der Waals surface area contributed by atoms with E-state index < -0.39 is 0 Å². The van der Waals surface area contributed by atoms with Gasteiger partial charge in [0.25, 0.3) is 0 Å². The fraction of sp³-hybridized carbons (Fsp3) is 1.00. The van der Waals surface area contributed by atoms with Crippen molar-refractivity contribution in [1.29, 1.82) is 0 Å². The Morgan fingerprint density at radius 1 is 1.20 bits per heavy atom. The molecule has 0 unspecified atom stereocenters. The first kappa shape index (κ1) is 12.9. The van der Waals surface area contributed by atoms with Gasteiger partial charge in [-0.15, -0.1) is 0 Å². The van der Waals surface area contributed by atoms with E-state index in [9.17, 15) is 0 Å². The molecule has 3 heteroatoms. The fourth-order valence-corrected chi connectivity index (χ4v) is 2.14. The number of nitrogens with two attached hydrogens (primary N) is 1. The Morgan fingerprint density at radius 3 is 2.60 bits per heavy atom. The van der Waals surface area contributed by atoms with Gasteiger partial charge in [-0.2, -0.15) is 0 Å². The second-order valence-electron chi connectivity index (χ2n) is 5.09. The smallest absolute Gasteiger partial charge is 0.0753 e. The van der Waals surface area contributed by atoms with Crippen LogP contribution in [0.2, 0.25) is 0 Å². The molecule has 0 aromatic carbocycles. The SMILES string of the molecule is CC1(C)CN(CCCCCCN)CCO1. The zero-order valence-corrected chi connectivity index (χ0v) is 10.3. The summed E-state index contributed by atoms with van der Waals surface area (Å²) in [6.45, 7) is 9.46. The summed E-state index contributed by atoms with van der Waals surface area (Å²) in [6.07, 6.45) is 5.07. The number of hydrogen-bond acceptors (Lipinski definition) is 3. The molecular weight excluding hydrogens is 188 g/mol. The molecule has 1 heterocycles. The molecule has 0 amide bonds. The molecule has 0 aliphatic carbocycles. The van der Waals surface area contributed by atoms with Crippen LogP contribution < -0.4 is 5.73 Å². The van der Waals surface area contributed by atoms with Gasteiger partial charge in [-0.25, -0.2) is 0 Å². The minimum Gasteiger partial charge on any atom is -0.373 e. The molecular formula is C12H26N2O. The molecule has 0 saturated carbocycles. The van der Waals surface area contributed by atoms with Crippen molar-refractivity contribution in [2.45, 2.75) is 45.1 Å². The van der Waals surface area contributed by atoms with E-state index in [-0.39, 0.29) is 5.60 Å². The number of hydrogen-bond donors (Lipinski definition) is 1. The van der Waals surface area contributed by atoms with Crippen LogP contribution in [0.4, 0.5) is 0 Å². The molecule has 0 spiro atoms. The van der Waals surface area contributed by atoms with Gasteiger partial charge < -0.3 is 10.5 Å². The molecule has 0 aromatic rings. The predicted octanol–water partition coefficient (Wildman–Crippen LogP) is 1.62. The van der Waals surface area contributed by atoms with Crippen LogP contribution in [0, 0.1) is 0 Å². The third-order valence-electron chi connectivity index (χ3n) is 2.93. The Labute approximate surface area is 94.0 Å². The number of unbranched alkanes of at least 4 members (excludes halogenated alkanes) is 3. The highest BCUT2D eigenvalue weighted by atomic mass is 16.5. The summed E-state index contributed by atoms with van der Waals surface area (Å²) in [4.78, 5) is 2.52. The molecule has 0 atom stereocenters. The highest BCUT2D eigenvalue weighted by molar-refractivity contribution is 4.78. The minimum absolute atomic E-state index is 0.0511. The molecule has 1 saturated heterocycles. The summed E-state index contributed by atoms with van der Waals surface area (Å²) >= 11 is 0. The Hall–Kier alpha value is -0.120. The molecule has 1 aliphatic rings. The molecule has 1 rings (SSSR count). The lowest BCUT2D eigenvalue weighted by Crippen LogP contribution is -2.48. The van der Waals surface area contributed by atoms with Crippen molar-refractivity contribution in [1.82, 2.24) is 4.90 Å². The molecule has 0 aromatic heterocycles. The van der Waals surface area contributed by atoms with Gasteiger partial charge in [0.05, 0.1) is 12.2 Å². The quantitative estimate of drug-likeness (QED) is 0.683. The van der Waals surface area contributed by atoms with Crippen molar-refractivity contribution in [3.05, 3.63) is 0 Å². The topological polar surface area (TPSA) is 38.5 Å². The standard InChI is InChI=1S/C12H26N2O/c1-12(2)11-14(9-10-15-12)8-6-4-3-5-7-13/h3-11,13H2,1-2H3. The van der Waals surface area contributed by atoms with Gasteiger partial charge in [-0.3, -0.25) is 4.90 Å². The summed E-state index contributed by atoms with van der Waals surface area (Å²) in [5.74, 6) is 0. The lowest BCUT2D eigenvalue weighted by molar-refractivity contribution is -0.0861. The summed E-state index contributed by atoms with van der Waals surface area (Å²) in [5, 5.41) is 0. The van der Waals surface area contributed by atoms with Gasteiger partial charge in [0.1, 0.15) is 0 Å². The van der Waals surface area contributed by atoms with Crippen LogP contribution in [0.15, 0.2) is 0 Å². The molecule has 1 aliphatic heterocycles. The first-order valence-corrected chi connectivity index (χ1v) is 6.20. The van der Waals surface area contributed by atoms with E-state index in [4.69, 9.17) is 10.5 Å². The van der Waals surface area contributed by atoms with Gasteiger partial charge in [-0.05, 0) is 39.8 Å². The van der Waals surface area contributed by atoms with Crippen molar-refractivity contribution in [2.75, 3.05) is 32.8 Å². The van der Waals surface area contributed by atoms with E-state index in [1.807, 2.05) is 0 Å². The van der Waals surface area contributed by atoms with Crippen molar-refractivity contribution in [3.63, 3.8) is 0 Å². The summed E-state index contributed by atoms with van der Waals surface area (Å²) in [6, 6.07) is 0. The zero-order chi connectivity index (χ0) is 11.1. The molecule has 2 N–H and O–H groups in total. The molecule has 0 radical (unpaired) electrons. The maximum Gasteiger partial charge on any atom is 0.0753 e. The van der Waals surface area contributed by atoms with Crippen LogP contribution in [-0.4, -0.2) is 43.3 Å². The van der Waals surface area contributed by atoms with Crippen molar-refractivity contribution in [2.24, 2.45) is 5.73 Å². The molecule has 0 bridgehead atoms. The second-order valence-corrected chi connectivity index (χ2v) is 5.09. The van der Waals surface area contributed by atoms with E-state index in [2.05, 4.69) is 18.7 Å². The van der Waals surface area contributed by atoms with Gasteiger partial charge in [-0.1, -0.05) is 12.8 Å². The largest absolute Gasteiger partial charge is 0.373 e. The minimum atomic E-state index is 0.0511. The number of ether oxygens (including phenoxy) is 1. The molecule has 90 valence electrons. The van der Waals surface area contributed by atoms with Crippen LogP contribution >= 0.6 is 0 Å². The van der Waals surface area contributed by atoms with E-state index in [0.717, 1.165) is 26.2 Å². The number of morpholine rings is 1. The monoisotopic (exact) mass is 214 g/mol. The predicted molar refractivity (Wildman–Crippen MR) is 64.0 cm³/mol. The van der Waals surface area contributed by atoms with E-state index in [1.54, 1.807) is 0 Å². The maximum absolute atomic E-state index is 5.68. The first-order valence-electron chi connectivity index (χ1n) is 6.20. The summed E-state index contributed by atoms with van der Waals surface area (Å²) in [7, 11) is 0. The number of nitrogens with zero attached hydrogens (tertiary/aromatic N) is 1. The Bertz CT molecular complexity index is 171. The Kier molecular flexibility index (Phi) is 5.58. The average molecular weight is 214 g/mol. The normalized spacial score (nSPS) is 21.8. The molecule has 1 fully saturated rings. The zero-order valence-electron chi connectivity index (χ0n) is 10.3. The molecule has 3 nitrogen and oxygen atoms in total. The third-order valence-corrected chi connectivity index (χ3v) is 2.93. The van der Waals surface area contributed by atoms with Crippen molar-refractivity contribution >= 4 is 0 Å². The lowest BCUT2D eigenvalue weighted by atomic mass is 10.1. The third kappa shape index (κ3) is 5.50. The van der Waals surface area contributed by atoms with Crippen LogP contribution in [0.3, 0.4) is 0 Å². The van der Waals surface area contributed by atoms with Crippen LogP contribution in [0.1, 0.15) is 39.5 Å². The van der Waals surface area contributed by atoms with Gasteiger partial charge in [0.2, 0.25) is 0 Å². The Morgan fingerprint density at radius 2 is 1.93 bits per heavy atom. The van der Waals surface area contributed by atoms with Crippen LogP contribution in [0.25, 0.3) is 0 Å². The van der Waals surface area contributed by atoms with Gasteiger partial charge in [0.15, 0.2) is 0 Å². The van der Waals surface area contributed by atoms with E-state index in [1.165, 1.54) is 32.2 Å². The van der Waals surface area contributed by atoms with E-state index in [0.29, 0.717) is 0 Å². The van der Waals surface area contributed by atoms with Crippen LogP contribution in [0.5, 0.6) is 0 Å². The highest BCUT2D eigenvalue weighted by Crippen LogP contribution is 2.16. The van der Waals surface area contributed by atoms with Gasteiger partial charge in [0, 0.05) is 13.1 Å².